The average molecular weight is 476 g/mol. The van der Waals surface area contributed by atoms with Crippen LogP contribution in [-0.2, 0) is 27.8 Å². The van der Waals surface area contributed by atoms with Crippen LogP contribution in [-0.4, -0.2) is 55.6 Å². The first-order valence-electron chi connectivity index (χ1n) is 11.2. The van der Waals surface area contributed by atoms with E-state index in [2.05, 4.69) is 5.32 Å². The largest absolute Gasteiger partial charge is 0.352 e. The second kappa shape index (κ2) is 10.1. The number of likely N-dealkylation sites (tertiary alicyclic amines) is 1. The number of hydrogen-bond acceptors (Lipinski definition) is 5. The van der Waals surface area contributed by atoms with Crippen LogP contribution in [0.4, 0.5) is 0 Å². The lowest BCUT2D eigenvalue weighted by Gasteiger charge is -2.26. The molecule has 2 aliphatic rings. The highest BCUT2D eigenvalue weighted by Gasteiger charge is 2.28. The van der Waals surface area contributed by atoms with E-state index in [1.54, 1.807) is 12.1 Å². The molecule has 0 aliphatic carbocycles. The maximum Gasteiger partial charge on any atom is 0.253 e. The molecule has 1 aromatic carbocycles. The van der Waals surface area contributed by atoms with Gasteiger partial charge in [0.25, 0.3) is 15.9 Å². The van der Waals surface area contributed by atoms with E-state index in [0.717, 1.165) is 60.6 Å². The van der Waals surface area contributed by atoms with E-state index in [4.69, 9.17) is 0 Å². The molecule has 172 valence electrons. The fourth-order valence-corrected chi connectivity index (χ4v) is 7.14. The zero-order valence-corrected chi connectivity index (χ0v) is 19.7. The van der Waals surface area contributed by atoms with E-state index < -0.39 is 10.0 Å². The Balaban J connectivity index is 1.28. The van der Waals surface area contributed by atoms with Crippen LogP contribution in [0, 0.1) is 0 Å². The Morgan fingerprint density at radius 2 is 1.53 bits per heavy atom. The lowest BCUT2D eigenvalue weighted by atomic mass is 10.1. The van der Waals surface area contributed by atoms with E-state index in [0.29, 0.717) is 29.4 Å². The van der Waals surface area contributed by atoms with Crippen molar-refractivity contribution >= 4 is 33.2 Å². The maximum absolute atomic E-state index is 12.6. The van der Waals surface area contributed by atoms with Gasteiger partial charge in [-0.15, -0.1) is 11.3 Å². The number of carbonyl (C=O) groups is 2. The summed E-state index contributed by atoms with van der Waals surface area (Å²) in [5.41, 5.74) is 1.59. The van der Waals surface area contributed by atoms with Gasteiger partial charge in [0, 0.05) is 43.2 Å². The summed E-state index contributed by atoms with van der Waals surface area (Å²) in [6.45, 7) is 3.14. The van der Waals surface area contributed by atoms with Crippen LogP contribution in [0.25, 0.3) is 0 Å². The molecule has 9 heteroatoms. The number of piperidine rings is 1. The molecule has 0 saturated carbocycles. The Hall–Kier alpha value is -2.23. The van der Waals surface area contributed by atoms with E-state index in [1.165, 1.54) is 10.7 Å². The van der Waals surface area contributed by atoms with Gasteiger partial charge in [0.15, 0.2) is 0 Å². The minimum atomic E-state index is -3.44. The Morgan fingerprint density at radius 3 is 2.22 bits per heavy atom. The Bertz CT molecular complexity index is 1050. The van der Waals surface area contributed by atoms with Crippen molar-refractivity contribution in [3.63, 3.8) is 0 Å². The van der Waals surface area contributed by atoms with Crippen molar-refractivity contribution in [2.45, 2.75) is 49.3 Å². The van der Waals surface area contributed by atoms with Crippen molar-refractivity contribution in [3.05, 3.63) is 52.4 Å². The van der Waals surface area contributed by atoms with Gasteiger partial charge in [0.2, 0.25) is 5.91 Å². The van der Waals surface area contributed by atoms with Crippen LogP contribution in [0.2, 0.25) is 0 Å². The molecule has 0 radical (unpaired) electrons. The summed E-state index contributed by atoms with van der Waals surface area (Å²) in [5, 5.41) is 2.88. The second-order valence-corrected chi connectivity index (χ2v) is 11.7. The predicted molar refractivity (Wildman–Crippen MR) is 124 cm³/mol. The van der Waals surface area contributed by atoms with Crippen LogP contribution >= 0.6 is 11.3 Å². The molecule has 0 atom stereocenters. The molecule has 3 heterocycles. The molecule has 0 spiro atoms. The Labute approximate surface area is 193 Å². The Kier molecular flexibility index (Phi) is 7.27. The number of amides is 2. The number of nitrogens with zero attached hydrogens (tertiary/aromatic N) is 2. The summed E-state index contributed by atoms with van der Waals surface area (Å²) >= 11 is 1.16. The monoisotopic (exact) mass is 475 g/mol. The van der Waals surface area contributed by atoms with Gasteiger partial charge in [-0.2, -0.15) is 4.31 Å². The first kappa shape index (κ1) is 22.9. The van der Waals surface area contributed by atoms with Crippen LogP contribution in [0.3, 0.4) is 0 Å². The summed E-state index contributed by atoms with van der Waals surface area (Å²) < 4.78 is 27.1. The van der Waals surface area contributed by atoms with Crippen LogP contribution in [0.1, 0.15) is 52.9 Å². The second-order valence-electron chi connectivity index (χ2n) is 8.34. The molecular formula is C23H29N3O4S2. The van der Waals surface area contributed by atoms with E-state index in [1.807, 2.05) is 29.2 Å². The number of thiophene rings is 1. The minimum Gasteiger partial charge on any atom is -0.352 e. The van der Waals surface area contributed by atoms with Gasteiger partial charge in [0.05, 0.1) is 6.42 Å². The number of benzene rings is 1. The number of rotatable bonds is 7. The van der Waals surface area contributed by atoms with Gasteiger partial charge < -0.3 is 10.2 Å². The number of nitrogens with one attached hydrogen (secondary N) is 1. The molecule has 2 aromatic rings. The van der Waals surface area contributed by atoms with Gasteiger partial charge in [-0.05, 0) is 61.9 Å². The lowest BCUT2D eigenvalue weighted by molar-refractivity contribution is -0.120. The van der Waals surface area contributed by atoms with Crippen LogP contribution < -0.4 is 5.32 Å². The normalized spacial score (nSPS) is 17.4. The fraction of sp³-hybridized carbons (Fsp3) is 0.478. The minimum absolute atomic E-state index is 0.0673. The van der Waals surface area contributed by atoms with Gasteiger partial charge in [-0.3, -0.25) is 9.59 Å². The smallest absolute Gasteiger partial charge is 0.253 e. The number of carbonyl (C=O) groups excluding carboxylic acids is 2. The zero-order chi connectivity index (χ0) is 22.6. The predicted octanol–water partition coefficient (Wildman–Crippen LogP) is 3.02. The quantitative estimate of drug-likeness (QED) is 0.667. The molecule has 7 nitrogen and oxygen atoms in total. The van der Waals surface area contributed by atoms with Gasteiger partial charge in [0.1, 0.15) is 4.21 Å². The van der Waals surface area contributed by atoms with Crippen molar-refractivity contribution in [2.24, 2.45) is 0 Å². The SMILES string of the molecule is O=C(Cc1ccc(S(=O)(=O)N2CCCC2)s1)NCc1ccc(C(=O)N2CCCCC2)cc1. The third-order valence-electron chi connectivity index (χ3n) is 5.96. The molecule has 2 fully saturated rings. The van der Waals surface area contributed by atoms with Crippen LogP contribution in [0.15, 0.2) is 40.6 Å². The molecule has 32 heavy (non-hydrogen) atoms. The summed E-state index contributed by atoms with van der Waals surface area (Å²) in [6, 6.07) is 10.7. The molecule has 2 saturated heterocycles. The fourth-order valence-electron chi connectivity index (χ4n) is 4.11. The molecule has 0 bridgehead atoms. The highest BCUT2D eigenvalue weighted by molar-refractivity contribution is 7.91. The van der Waals surface area contributed by atoms with E-state index in [-0.39, 0.29) is 18.2 Å². The molecule has 2 aliphatic heterocycles. The standard InChI is InChI=1S/C23H29N3O4S2/c27-21(16-20-10-11-22(31-20)32(29,30)26-14-4-5-15-26)24-17-18-6-8-19(9-7-18)23(28)25-12-2-1-3-13-25/h6-11H,1-5,12-17H2,(H,24,27). The van der Waals surface area contributed by atoms with Crippen molar-refractivity contribution in [1.82, 2.24) is 14.5 Å². The molecule has 1 N–H and O–H groups in total. The highest BCUT2D eigenvalue weighted by atomic mass is 32.2. The van der Waals surface area contributed by atoms with Gasteiger partial charge in [-0.25, -0.2) is 8.42 Å². The summed E-state index contributed by atoms with van der Waals surface area (Å²) in [6.07, 6.45) is 5.24. The van der Waals surface area contributed by atoms with E-state index in [9.17, 15) is 18.0 Å². The summed E-state index contributed by atoms with van der Waals surface area (Å²) in [7, 11) is -3.44. The molecule has 1 aromatic heterocycles. The summed E-state index contributed by atoms with van der Waals surface area (Å²) in [5.74, 6) is -0.0943. The van der Waals surface area contributed by atoms with Crippen molar-refractivity contribution in [2.75, 3.05) is 26.2 Å². The summed E-state index contributed by atoms with van der Waals surface area (Å²) in [4.78, 5) is 27.5. The number of hydrogen-bond donors (Lipinski definition) is 1. The van der Waals surface area contributed by atoms with Gasteiger partial charge >= 0.3 is 0 Å². The highest BCUT2D eigenvalue weighted by Crippen LogP contribution is 2.27. The average Bonchev–Trinajstić information content (AvgIpc) is 3.51. The van der Waals surface area contributed by atoms with Crippen molar-refractivity contribution in [1.29, 1.82) is 0 Å². The first-order chi connectivity index (χ1) is 15.4. The lowest BCUT2D eigenvalue weighted by Crippen LogP contribution is -2.35. The topological polar surface area (TPSA) is 86.8 Å². The molecule has 2 amide bonds. The Morgan fingerprint density at radius 1 is 0.875 bits per heavy atom. The maximum atomic E-state index is 12.6. The first-order valence-corrected chi connectivity index (χ1v) is 13.4. The van der Waals surface area contributed by atoms with Crippen molar-refractivity contribution < 1.29 is 18.0 Å². The third-order valence-corrected chi connectivity index (χ3v) is 9.42. The third kappa shape index (κ3) is 5.39. The zero-order valence-electron chi connectivity index (χ0n) is 18.1. The molecular weight excluding hydrogens is 446 g/mol. The van der Waals surface area contributed by atoms with Crippen LogP contribution in [0.5, 0.6) is 0 Å². The van der Waals surface area contributed by atoms with Gasteiger partial charge in [-0.1, -0.05) is 12.1 Å². The number of sulfonamides is 1. The molecule has 0 unspecified atom stereocenters. The van der Waals surface area contributed by atoms with E-state index >= 15 is 0 Å². The van der Waals surface area contributed by atoms with Crippen molar-refractivity contribution in [3.8, 4) is 0 Å². The molecule has 4 rings (SSSR count).